The Balaban J connectivity index is 2.20. The summed E-state index contributed by atoms with van der Waals surface area (Å²) in [7, 11) is 0. The van der Waals surface area contributed by atoms with E-state index in [0.717, 1.165) is 0 Å². The van der Waals surface area contributed by atoms with Crippen LogP contribution in [0.5, 0.6) is 0 Å². The molecule has 0 atom stereocenters. The van der Waals surface area contributed by atoms with Gasteiger partial charge in [-0.25, -0.2) is 0 Å². The summed E-state index contributed by atoms with van der Waals surface area (Å²) in [6, 6.07) is 5.96. The molecule has 0 amide bonds. The van der Waals surface area contributed by atoms with Crippen molar-refractivity contribution in [2.75, 3.05) is 0 Å². The first-order valence-corrected chi connectivity index (χ1v) is 4.83. The lowest BCUT2D eigenvalue weighted by Crippen LogP contribution is -2.01. The van der Waals surface area contributed by atoms with Gasteiger partial charge < -0.3 is 10.1 Å². The number of nitro benzene ring substituents is 1. The molecule has 9 heteroatoms. The molecule has 1 heterocycles. The zero-order valence-electron chi connectivity index (χ0n) is 8.96. The van der Waals surface area contributed by atoms with Gasteiger partial charge in [-0.2, -0.15) is 4.68 Å². The van der Waals surface area contributed by atoms with Crippen molar-refractivity contribution in [3.8, 4) is 0 Å². The minimum Gasteiger partial charge on any atom is -0.390 e. The first-order valence-electron chi connectivity index (χ1n) is 4.83. The molecule has 18 heavy (non-hydrogen) atoms. The van der Waals surface area contributed by atoms with Gasteiger partial charge in [0.15, 0.2) is 0 Å². The van der Waals surface area contributed by atoms with Gasteiger partial charge in [0, 0.05) is 17.2 Å². The lowest BCUT2D eigenvalue weighted by atomic mass is 10.2. The number of benzene rings is 1. The lowest BCUT2D eigenvalue weighted by Gasteiger charge is -1.98. The second-order valence-electron chi connectivity index (χ2n) is 3.43. The Bertz CT molecular complexity index is 609. The highest BCUT2D eigenvalue weighted by atomic mass is 16.6. The monoisotopic (exact) mass is 249 g/mol. The molecular formula is C9H7N5O4. The molecule has 0 N–H and O–H groups in total. The molecule has 0 aliphatic rings. The van der Waals surface area contributed by atoms with Gasteiger partial charge in [-0.05, 0) is 10.5 Å². The fourth-order valence-corrected chi connectivity index (χ4v) is 1.40. The average Bonchev–Trinajstić information content (AvgIpc) is 2.78. The van der Waals surface area contributed by atoms with Crippen molar-refractivity contribution in [2.45, 2.75) is 6.54 Å². The van der Waals surface area contributed by atoms with Crippen LogP contribution in [0.25, 0.3) is 0 Å². The number of nitrogens with zero attached hydrogens (tertiary/aromatic N) is 5. The summed E-state index contributed by atoms with van der Waals surface area (Å²) in [4.78, 5) is 23.2. The van der Waals surface area contributed by atoms with Crippen molar-refractivity contribution < 1.29 is 9.85 Å². The van der Waals surface area contributed by atoms with Crippen LogP contribution in [-0.4, -0.2) is 24.6 Å². The quantitative estimate of drug-likeness (QED) is 0.592. The molecule has 0 saturated heterocycles. The van der Waals surface area contributed by atoms with Crippen LogP contribution in [-0.2, 0) is 6.54 Å². The summed E-state index contributed by atoms with van der Waals surface area (Å²) >= 11 is 0. The normalized spacial score (nSPS) is 10.2. The van der Waals surface area contributed by atoms with E-state index in [4.69, 9.17) is 0 Å². The van der Waals surface area contributed by atoms with Gasteiger partial charge in [-0.3, -0.25) is 10.1 Å². The number of non-ortho nitro benzene ring substituents is 1. The van der Waals surface area contributed by atoms with E-state index in [1.807, 2.05) is 0 Å². The van der Waals surface area contributed by atoms with Gasteiger partial charge in [0.1, 0.15) is 0 Å². The molecule has 0 spiro atoms. The van der Waals surface area contributed by atoms with E-state index in [-0.39, 0.29) is 12.2 Å². The maximum Gasteiger partial charge on any atom is 0.490 e. The summed E-state index contributed by atoms with van der Waals surface area (Å²) in [5, 5.41) is 24.6. The Morgan fingerprint density at radius 1 is 1.22 bits per heavy atom. The van der Waals surface area contributed by atoms with Crippen LogP contribution in [0, 0.1) is 20.2 Å². The Hall–Kier alpha value is -2.84. The van der Waals surface area contributed by atoms with E-state index in [1.165, 1.54) is 23.1 Å². The van der Waals surface area contributed by atoms with Crippen molar-refractivity contribution in [1.82, 2.24) is 14.8 Å². The Morgan fingerprint density at radius 3 is 2.61 bits per heavy atom. The molecule has 0 radical (unpaired) electrons. The van der Waals surface area contributed by atoms with E-state index in [0.29, 0.717) is 5.56 Å². The minimum atomic E-state index is -0.704. The fraction of sp³-hybridized carbons (Fsp3) is 0.111. The van der Waals surface area contributed by atoms with Crippen molar-refractivity contribution in [2.24, 2.45) is 0 Å². The summed E-state index contributed by atoms with van der Waals surface area (Å²) in [5.41, 5.74) is 0.575. The van der Waals surface area contributed by atoms with Gasteiger partial charge in [0.2, 0.25) is 6.33 Å². The molecule has 2 aromatic rings. The van der Waals surface area contributed by atoms with Crippen molar-refractivity contribution in [1.29, 1.82) is 0 Å². The standard InChI is InChI=1S/C9H7N5O4/c15-13(16)8-3-1-2-7(4-8)5-12-6-10-9(11-12)14(17)18/h1-4,6H,5H2. The number of rotatable bonds is 4. The molecule has 9 nitrogen and oxygen atoms in total. The average molecular weight is 249 g/mol. The van der Waals surface area contributed by atoms with Gasteiger partial charge in [0.05, 0.1) is 11.5 Å². The second kappa shape index (κ2) is 4.57. The first-order chi connectivity index (χ1) is 8.56. The predicted molar refractivity (Wildman–Crippen MR) is 58.9 cm³/mol. The molecule has 1 aromatic heterocycles. The minimum absolute atomic E-state index is 0.0397. The van der Waals surface area contributed by atoms with Crippen LogP contribution >= 0.6 is 0 Å². The molecule has 0 bridgehead atoms. The zero-order valence-corrected chi connectivity index (χ0v) is 8.96. The highest BCUT2D eigenvalue weighted by Crippen LogP contribution is 2.14. The van der Waals surface area contributed by atoms with Gasteiger partial charge in [0.25, 0.3) is 5.69 Å². The van der Waals surface area contributed by atoms with E-state index < -0.39 is 15.8 Å². The van der Waals surface area contributed by atoms with Gasteiger partial charge in [-0.1, -0.05) is 17.1 Å². The molecule has 0 aliphatic carbocycles. The van der Waals surface area contributed by atoms with Crippen LogP contribution in [0.1, 0.15) is 5.56 Å². The van der Waals surface area contributed by atoms with Crippen molar-refractivity contribution in [3.05, 3.63) is 56.4 Å². The van der Waals surface area contributed by atoms with E-state index in [9.17, 15) is 20.2 Å². The van der Waals surface area contributed by atoms with E-state index in [2.05, 4.69) is 10.1 Å². The van der Waals surface area contributed by atoms with Gasteiger partial charge >= 0.3 is 5.95 Å². The maximum absolute atomic E-state index is 10.6. The topological polar surface area (TPSA) is 117 Å². The van der Waals surface area contributed by atoms with Crippen LogP contribution in [0.2, 0.25) is 0 Å². The highest BCUT2D eigenvalue weighted by molar-refractivity contribution is 5.34. The summed E-state index contributed by atoms with van der Waals surface area (Å²) in [6.07, 6.45) is 1.21. The zero-order chi connectivity index (χ0) is 13.1. The number of hydrogen-bond acceptors (Lipinski definition) is 6. The predicted octanol–water partition coefficient (Wildman–Crippen LogP) is 1.14. The number of aromatic nitrogens is 3. The van der Waals surface area contributed by atoms with Crippen molar-refractivity contribution >= 4 is 11.6 Å². The molecule has 2 rings (SSSR count). The van der Waals surface area contributed by atoms with E-state index >= 15 is 0 Å². The first kappa shape index (κ1) is 11.6. The third-order valence-electron chi connectivity index (χ3n) is 2.15. The summed E-state index contributed by atoms with van der Waals surface area (Å²) < 4.78 is 1.25. The Labute approximate surface area is 100.0 Å². The van der Waals surface area contributed by atoms with Gasteiger partial charge in [-0.15, -0.1) is 0 Å². The molecule has 0 saturated carbocycles. The van der Waals surface area contributed by atoms with Crippen LogP contribution in [0.3, 0.4) is 0 Å². The Morgan fingerprint density at radius 2 is 2.00 bits per heavy atom. The Kier molecular flexibility index (Phi) is 2.96. The summed E-state index contributed by atoms with van der Waals surface area (Å²) in [5.74, 6) is -0.500. The SMILES string of the molecule is O=[N+]([O-])c1cccc(Cn2cnc([N+](=O)[O-])n2)c1. The maximum atomic E-state index is 10.6. The largest absolute Gasteiger partial charge is 0.490 e. The van der Waals surface area contributed by atoms with Crippen molar-refractivity contribution in [3.63, 3.8) is 0 Å². The number of hydrogen-bond donors (Lipinski definition) is 0. The third kappa shape index (κ3) is 2.45. The summed E-state index contributed by atoms with van der Waals surface area (Å²) in [6.45, 7) is 0.183. The molecule has 0 fully saturated rings. The highest BCUT2D eigenvalue weighted by Gasteiger charge is 2.14. The van der Waals surface area contributed by atoms with E-state index in [1.54, 1.807) is 12.1 Å². The fourth-order valence-electron chi connectivity index (χ4n) is 1.40. The molecule has 0 unspecified atom stereocenters. The molecule has 92 valence electrons. The second-order valence-corrected chi connectivity index (χ2v) is 3.43. The third-order valence-corrected chi connectivity index (χ3v) is 2.15. The smallest absolute Gasteiger partial charge is 0.390 e. The van der Waals surface area contributed by atoms with Crippen LogP contribution < -0.4 is 0 Å². The molecule has 1 aromatic carbocycles. The lowest BCUT2D eigenvalue weighted by molar-refractivity contribution is -0.394. The molecule has 0 aliphatic heterocycles. The van der Waals surface area contributed by atoms with Crippen LogP contribution in [0.4, 0.5) is 11.6 Å². The van der Waals surface area contributed by atoms with Crippen LogP contribution in [0.15, 0.2) is 30.6 Å². The number of nitro groups is 2. The molecular weight excluding hydrogens is 242 g/mol.